The molecule has 0 bridgehead atoms. The summed E-state index contributed by atoms with van der Waals surface area (Å²) in [4.78, 5) is 12.1. The average Bonchev–Trinajstić information content (AvgIpc) is 2.81. The van der Waals surface area contributed by atoms with Crippen LogP contribution in [0.2, 0.25) is 0 Å². The molecule has 1 aliphatic heterocycles. The molecule has 0 fully saturated rings. The van der Waals surface area contributed by atoms with Crippen molar-refractivity contribution in [3.63, 3.8) is 0 Å². The summed E-state index contributed by atoms with van der Waals surface area (Å²) in [5.41, 5.74) is 0.884. The molecule has 5 nitrogen and oxygen atoms in total. The second-order valence-corrected chi connectivity index (χ2v) is 8.02. The standard InChI is InChI=1S/C14H19NO4S/c1-9(2)20(17,18)10(3)14(16)15-12-8-19-13-7-5-4-6-11(12)13/h4-7,9-10,12H,8H2,1-3H3,(H,15,16)/t10-,12-/m1/s1. The molecule has 0 spiro atoms. The Bertz CT molecular complexity index is 609. The van der Waals surface area contributed by atoms with Gasteiger partial charge < -0.3 is 10.1 Å². The van der Waals surface area contributed by atoms with Gasteiger partial charge in [-0.1, -0.05) is 18.2 Å². The van der Waals surface area contributed by atoms with Crippen molar-refractivity contribution in [2.24, 2.45) is 0 Å². The third-order valence-electron chi connectivity index (χ3n) is 3.54. The van der Waals surface area contributed by atoms with Crippen LogP contribution in [0.15, 0.2) is 24.3 Å². The van der Waals surface area contributed by atoms with E-state index in [0.717, 1.165) is 11.3 Å². The molecule has 0 aliphatic carbocycles. The molecule has 1 aromatic carbocycles. The molecule has 0 unspecified atom stereocenters. The van der Waals surface area contributed by atoms with Gasteiger partial charge in [0, 0.05) is 5.56 Å². The highest BCUT2D eigenvalue weighted by Crippen LogP contribution is 2.31. The van der Waals surface area contributed by atoms with E-state index in [1.807, 2.05) is 24.3 Å². The van der Waals surface area contributed by atoms with Crippen LogP contribution < -0.4 is 10.1 Å². The van der Waals surface area contributed by atoms with Crippen LogP contribution in [0.4, 0.5) is 0 Å². The number of carbonyl (C=O) groups excluding carboxylic acids is 1. The van der Waals surface area contributed by atoms with Gasteiger partial charge in [-0.3, -0.25) is 4.79 Å². The van der Waals surface area contributed by atoms with E-state index in [4.69, 9.17) is 4.74 Å². The Balaban J connectivity index is 2.11. The Labute approximate surface area is 119 Å². The van der Waals surface area contributed by atoms with Crippen molar-refractivity contribution in [2.75, 3.05) is 6.61 Å². The predicted octanol–water partition coefficient (Wildman–Crippen LogP) is 1.45. The number of sulfone groups is 1. The molecule has 1 amide bonds. The molecule has 0 saturated heterocycles. The molecule has 20 heavy (non-hydrogen) atoms. The molecular weight excluding hydrogens is 278 g/mol. The molecule has 1 aromatic rings. The lowest BCUT2D eigenvalue weighted by molar-refractivity contribution is -0.121. The lowest BCUT2D eigenvalue weighted by Crippen LogP contribution is -2.42. The van der Waals surface area contributed by atoms with Gasteiger partial charge in [-0.25, -0.2) is 8.42 Å². The minimum atomic E-state index is -3.45. The van der Waals surface area contributed by atoms with Gasteiger partial charge in [0.25, 0.3) is 0 Å². The fraction of sp³-hybridized carbons (Fsp3) is 0.500. The largest absolute Gasteiger partial charge is 0.491 e. The Hall–Kier alpha value is -1.56. The highest BCUT2D eigenvalue weighted by atomic mass is 32.2. The molecule has 6 heteroatoms. The minimum Gasteiger partial charge on any atom is -0.491 e. The van der Waals surface area contributed by atoms with E-state index >= 15 is 0 Å². The smallest absolute Gasteiger partial charge is 0.238 e. The van der Waals surface area contributed by atoms with E-state index in [0.29, 0.717) is 6.61 Å². The van der Waals surface area contributed by atoms with Crippen LogP contribution in [0.25, 0.3) is 0 Å². The van der Waals surface area contributed by atoms with Gasteiger partial charge in [-0.2, -0.15) is 0 Å². The molecule has 1 heterocycles. The predicted molar refractivity (Wildman–Crippen MR) is 76.3 cm³/mol. The average molecular weight is 297 g/mol. The number of nitrogens with one attached hydrogen (secondary N) is 1. The number of fused-ring (bicyclic) bond motifs is 1. The van der Waals surface area contributed by atoms with Crippen LogP contribution >= 0.6 is 0 Å². The Kier molecular flexibility index (Phi) is 4.04. The molecular formula is C14H19NO4S. The summed E-state index contributed by atoms with van der Waals surface area (Å²) < 4.78 is 29.5. The highest BCUT2D eigenvalue weighted by Gasteiger charge is 2.33. The Morgan fingerprint density at radius 3 is 2.60 bits per heavy atom. The fourth-order valence-corrected chi connectivity index (χ4v) is 3.31. The van der Waals surface area contributed by atoms with Gasteiger partial charge in [0.15, 0.2) is 9.84 Å². The van der Waals surface area contributed by atoms with E-state index in [-0.39, 0.29) is 6.04 Å². The van der Waals surface area contributed by atoms with Gasteiger partial charge in [0.05, 0.1) is 11.3 Å². The van der Waals surface area contributed by atoms with Gasteiger partial charge in [-0.05, 0) is 26.8 Å². The monoisotopic (exact) mass is 297 g/mol. The molecule has 2 atom stereocenters. The van der Waals surface area contributed by atoms with E-state index < -0.39 is 26.2 Å². The number of benzene rings is 1. The number of amides is 1. The quantitative estimate of drug-likeness (QED) is 0.913. The summed E-state index contributed by atoms with van der Waals surface area (Å²) in [5, 5.41) is 1.12. The van der Waals surface area contributed by atoms with E-state index in [9.17, 15) is 13.2 Å². The first-order chi connectivity index (χ1) is 9.34. The zero-order chi connectivity index (χ0) is 14.9. The maximum Gasteiger partial charge on any atom is 0.238 e. The highest BCUT2D eigenvalue weighted by molar-refractivity contribution is 7.93. The molecule has 1 N–H and O–H groups in total. The maximum atomic E-state index is 12.1. The normalized spacial score (nSPS) is 19.3. The van der Waals surface area contributed by atoms with Crippen molar-refractivity contribution >= 4 is 15.7 Å². The topological polar surface area (TPSA) is 72.5 Å². The summed E-state index contributed by atoms with van der Waals surface area (Å²) in [6.45, 7) is 4.91. The number of rotatable bonds is 4. The summed E-state index contributed by atoms with van der Waals surface area (Å²) in [6.07, 6.45) is 0. The molecule has 1 aliphatic rings. The maximum absolute atomic E-state index is 12.1. The first-order valence-electron chi connectivity index (χ1n) is 6.59. The van der Waals surface area contributed by atoms with Crippen LogP contribution in [0.3, 0.4) is 0 Å². The SMILES string of the molecule is CC(C)S(=O)(=O)[C@H](C)C(=O)N[C@@H]1COc2ccccc21. The summed E-state index contributed by atoms with van der Waals surface area (Å²) >= 11 is 0. The van der Waals surface area contributed by atoms with E-state index in [1.165, 1.54) is 6.92 Å². The van der Waals surface area contributed by atoms with Crippen molar-refractivity contribution in [2.45, 2.75) is 37.3 Å². The molecule has 0 saturated carbocycles. The summed E-state index contributed by atoms with van der Waals surface area (Å²) in [5.74, 6) is 0.251. The third-order valence-corrected chi connectivity index (χ3v) is 6.05. The zero-order valence-electron chi connectivity index (χ0n) is 11.8. The van der Waals surface area contributed by atoms with Crippen LogP contribution in [0, 0.1) is 0 Å². The van der Waals surface area contributed by atoms with Crippen LogP contribution in [-0.2, 0) is 14.6 Å². The fourth-order valence-electron chi connectivity index (χ4n) is 2.13. The first-order valence-corrected chi connectivity index (χ1v) is 8.19. The van der Waals surface area contributed by atoms with E-state index in [2.05, 4.69) is 5.32 Å². The zero-order valence-corrected chi connectivity index (χ0v) is 12.6. The minimum absolute atomic E-state index is 0.288. The van der Waals surface area contributed by atoms with Gasteiger partial charge in [-0.15, -0.1) is 0 Å². The number of carbonyl (C=O) groups is 1. The van der Waals surface area contributed by atoms with Crippen molar-refractivity contribution in [3.05, 3.63) is 29.8 Å². The molecule has 0 radical (unpaired) electrons. The lowest BCUT2D eigenvalue weighted by atomic mass is 10.1. The Morgan fingerprint density at radius 2 is 1.95 bits per heavy atom. The molecule has 2 rings (SSSR count). The van der Waals surface area contributed by atoms with Gasteiger partial charge >= 0.3 is 0 Å². The van der Waals surface area contributed by atoms with Crippen molar-refractivity contribution in [1.82, 2.24) is 5.32 Å². The van der Waals surface area contributed by atoms with Crippen molar-refractivity contribution in [1.29, 1.82) is 0 Å². The number of para-hydroxylation sites is 1. The lowest BCUT2D eigenvalue weighted by Gasteiger charge is -2.18. The van der Waals surface area contributed by atoms with Gasteiger partial charge in [0.2, 0.25) is 5.91 Å². The second-order valence-electron chi connectivity index (χ2n) is 5.19. The summed E-state index contributed by atoms with van der Waals surface area (Å²) in [6, 6.07) is 7.13. The summed E-state index contributed by atoms with van der Waals surface area (Å²) in [7, 11) is -3.45. The number of hydrogen-bond donors (Lipinski definition) is 1. The van der Waals surface area contributed by atoms with Crippen LogP contribution in [-0.4, -0.2) is 31.4 Å². The Morgan fingerprint density at radius 1 is 1.30 bits per heavy atom. The van der Waals surface area contributed by atoms with Crippen LogP contribution in [0.5, 0.6) is 5.75 Å². The first kappa shape index (κ1) is 14.8. The number of ether oxygens (including phenoxy) is 1. The second kappa shape index (κ2) is 5.44. The van der Waals surface area contributed by atoms with Gasteiger partial charge in [0.1, 0.15) is 17.6 Å². The van der Waals surface area contributed by atoms with Crippen molar-refractivity contribution in [3.8, 4) is 5.75 Å². The third kappa shape index (κ3) is 2.65. The molecule has 110 valence electrons. The number of hydrogen-bond acceptors (Lipinski definition) is 4. The van der Waals surface area contributed by atoms with Crippen LogP contribution in [0.1, 0.15) is 32.4 Å². The van der Waals surface area contributed by atoms with Crippen molar-refractivity contribution < 1.29 is 17.9 Å². The van der Waals surface area contributed by atoms with E-state index in [1.54, 1.807) is 13.8 Å². The molecule has 0 aromatic heterocycles.